The van der Waals surface area contributed by atoms with Crippen molar-refractivity contribution in [3.8, 4) is 11.4 Å². The van der Waals surface area contributed by atoms with E-state index in [0.717, 1.165) is 29.1 Å². The predicted molar refractivity (Wildman–Crippen MR) is 84.2 cm³/mol. The Morgan fingerprint density at radius 2 is 1.76 bits per heavy atom. The molecule has 3 rings (SSSR count). The van der Waals surface area contributed by atoms with Crippen LogP contribution in [0.4, 0.5) is 0 Å². The predicted octanol–water partition coefficient (Wildman–Crippen LogP) is 2.88. The van der Waals surface area contributed by atoms with Crippen molar-refractivity contribution in [2.24, 2.45) is 5.73 Å². The average Bonchev–Trinajstić information content (AvgIpc) is 2.97. The molecule has 0 aliphatic carbocycles. The van der Waals surface area contributed by atoms with E-state index in [9.17, 15) is 0 Å². The fraction of sp³-hybridized carbons (Fsp3) is 0.0588. The molecule has 0 saturated carbocycles. The molecule has 4 nitrogen and oxygen atoms in total. The highest BCUT2D eigenvalue weighted by atomic mass is 15.1. The van der Waals surface area contributed by atoms with E-state index in [-0.39, 0.29) is 5.84 Å². The molecule has 0 fully saturated rings. The fourth-order valence-electron chi connectivity index (χ4n) is 2.27. The highest BCUT2D eigenvalue weighted by molar-refractivity contribution is 5.94. The Morgan fingerprint density at radius 3 is 2.43 bits per heavy atom. The van der Waals surface area contributed by atoms with Crippen LogP contribution in [-0.4, -0.2) is 15.4 Å². The fourth-order valence-corrected chi connectivity index (χ4v) is 2.27. The van der Waals surface area contributed by atoms with E-state index in [1.807, 2.05) is 54.9 Å². The number of rotatable bonds is 4. The van der Waals surface area contributed by atoms with E-state index in [0.29, 0.717) is 0 Å². The van der Waals surface area contributed by atoms with Gasteiger partial charge in [0.25, 0.3) is 0 Å². The number of imidazole rings is 1. The summed E-state index contributed by atoms with van der Waals surface area (Å²) in [5, 5.41) is 7.41. The monoisotopic (exact) mass is 276 g/mol. The van der Waals surface area contributed by atoms with Crippen LogP contribution in [0.2, 0.25) is 0 Å². The average molecular weight is 276 g/mol. The molecule has 104 valence electrons. The zero-order valence-corrected chi connectivity index (χ0v) is 11.5. The SMILES string of the molecule is N=C(N)c1ccc(Cn2ccnc2-c2ccccc2)cc1. The Hall–Kier alpha value is -2.88. The van der Waals surface area contributed by atoms with Crippen LogP contribution in [0.3, 0.4) is 0 Å². The number of nitrogen functional groups attached to an aromatic ring is 1. The lowest BCUT2D eigenvalue weighted by molar-refractivity contribution is 0.807. The molecule has 0 atom stereocenters. The summed E-state index contributed by atoms with van der Waals surface area (Å²) in [5.74, 6) is 1.04. The maximum atomic E-state index is 7.41. The van der Waals surface area contributed by atoms with Crippen molar-refractivity contribution < 1.29 is 0 Å². The second-order valence-electron chi connectivity index (χ2n) is 4.86. The van der Waals surface area contributed by atoms with E-state index in [2.05, 4.69) is 21.7 Å². The molecule has 3 N–H and O–H groups in total. The lowest BCUT2D eigenvalue weighted by atomic mass is 10.1. The molecular weight excluding hydrogens is 260 g/mol. The van der Waals surface area contributed by atoms with Gasteiger partial charge in [-0.3, -0.25) is 5.41 Å². The third kappa shape index (κ3) is 2.84. The van der Waals surface area contributed by atoms with Crippen molar-refractivity contribution in [2.75, 3.05) is 0 Å². The molecule has 0 aliphatic rings. The summed E-state index contributed by atoms with van der Waals surface area (Å²) in [6, 6.07) is 17.9. The van der Waals surface area contributed by atoms with Gasteiger partial charge in [0, 0.05) is 30.1 Å². The molecule has 0 bridgehead atoms. The van der Waals surface area contributed by atoms with Crippen molar-refractivity contribution in [1.82, 2.24) is 9.55 Å². The van der Waals surface area contributed by atoms with E-state index < -0.39 is 0 Å². The summed E-state index contributed by atoms with van der Waals surface area (Å²) in [6.45, 7) is 0.739. The molecule has 0 radical (unpaired) electrons. The van der Waals surface area contributed by atoms with Gasteiger partial charge in [-0.05, 0) is 5.56 Å². The lowest BCUT2D eigenvalue weighted by Gasteiger charge is -2.08. The lowest BCUT2D eigenvalue weighted by Crippen LogP contribution is -2.11. The largest absolute Gasteiger partial charge is 0.384 e. The first-order valence-corrected chi connectivity index (χ1v) is 6.74. The van der Waals surface area contributed by atoms with Crippen molar-refractivity contribution in [2.45, 2.75) is 6.54 Å². The summed E-state index contributed by atoms with van der Waals surface area (Å²) in [5.41, 5.74) is 8.46. The molecule has 1 heterocycles. The van der Waals surface area contributed by atoms with Gasteiger partial charge in [-0.25, -0.2) is 4.98 Å². The Morgan fingerprint density at radius 1 is 1.05 bits per heavy atom. The van der Waals surface area contributed by atoms with Crippen LogP contribution in [0.15, 0.2) is 67.0 Å². The van der Waals surface area contributed by atoms with Gasteiger partial charge in [0.2, 0.25) is 0 Å². The van der Waals surface area contributed by atoms with Gasteiger partial charge in [-0.1, -0.05) is 54.6 Å². The first kappa shape index (κ1) is 13.1. The molecule has 1 aromatic heterocycles. The van der Waals surface area contributed by atoms with Gasteiger partial charge in [0.1, 0.15) is 11.7 Å². The van der Waals surface area contributed by atoms with Crippen molar-refractivity contribution in [3.63, 3.8) is 0 Å². The van der Waals surface area contributed by atoms with Gasteiger partial charge >= 0.3 is 0 Å². The quantitative estimate of drug-likeness (QED) is 0.568. The highest BCUT2D eigenvalue weighted by Gasteiger charge is 2.06. The Bertz CT molecular complexity index is 742. The number of amidine groups is 1. The Balaban J connectivity index is 1.86. The van der Waals surface area contributed by atoms with E-state index in [4.69, 9.17) is 11.1 Å². The molecule has 0 amide bonds. The molecule has 3 aromatic rings. The minimum atomic E-state index is 0.0918. The smallest absolute Gasteiger partial charge is 0.140 e. The number of nitrogens with one attached hydrogen (secondary N) is 1. The van der Waals surface area contributed by atoms with Crippen LogP contribution >= 0.6 is 0 Å². The van der Waals surface area contributed by atoms with Crippen molar-refractivity contribution in [3.05, 3.63) is 78.1 Å². The van der Waals surface area contributed by atoms with Crippen LogP contribution in [0, 0.1) is 5.41 Å². The summed E-state index contributed by atoms with van der Waals surface area (Å²) >= 11 is 0. The van der Waals surface area contributed by atoms with E-state index >= 15 is 0 Å². The van der Waals surface area contributed by atoms with Gasteiger partial charge in [-0.2, -0.15) is 0 Å². The zero-order chi connectivity index (χ0) is 14.7. The molecule has 4 heteroatoms. The minimum absolute atomic E-state index is 0.0918. The molecule has 0 spiro atoms. The minimum Gasteiger partial charge on any atom is -0.384 e. The normalized spacial score (nSPS) is 10.5. The van der Waals surface area contributed by atoms with Crippen LogP contribution in [0.5, 0.6) is 0 Å². The first-order valence-electron chi connectivity index (χ1n) is 6.74. The van der Waals surface area contributed by atoms with E-state index in [1.165, 1.54) is 0 Å². The summed E-state index contributed by atoms with van der Waals surface area (Å²) in [6.07, 6.45) is 3.79. The molecule has 0 aliphatic heterocycles. The Labute approximate surface area is 123 Å². The number of aromatic nitrogens is 2. The first-order chi connectivity index (χ1) is 10.2. The second kappa shape index (κ2) is 5.63. The third-order valence-electron chi connectivity index (χ3n) is 3.37. The Kier molecular flexibility index (Phi) is 3.51. The number of hydrogen-bond acceptors (Lipinski definition) is 2. The van der Waals surface area contributed by atoms with Crippen LogP contribution in [0.1, 0.15) is 11.1 Å². The molecule has 0 unspecified atom stereocenters. The van der Waals surface area contributed by atoms with Crippen LogP contribution < -0.4 is 5.73 Å². The van der Waals surface area contributed by atoms with Gasteiger partial charge in [0.05, 0.1) is 0 Å². The van der Waals surface area contributed by atoms with Gasteiger partial charge in [-0.15, -0.1) is 0 Å². The van der Waals surface area contributed by atoms with Gasteiger partial charge in [0.15, 0.2) is 0 Å². The van der Waals surface area contributed by atoms with Crippen molar-refractivity contribution >= 4 is 5.84 Å². The second-order valence-corrected chi connectivity index (χ2v) is 4.86. The number of nitrogens with two attached hydrogens (primary N) is 1. The topological polar surface area (TPSA) is 67.7 Å². The van der Waals surface area contributed by atoms with Crippen LogP contribution in [-0.2, 0) is 6.54 Å². The maximum Gasteiger partial charge on any atom is 0.140 e. The number of benzene rings is 2. The summed E-state index contributed by atoms with van der Waals surface area (Å²) in [4.78, 5) is 4.44. The summed E-state index contributed by atoms with van der Waals surface area (Å²) < 4.78 is 2.11. The van der Waals surface area contributed by atoms with Crippen LogP contribution in [0.25, 0.3) is 11.4 Å². The third-order valence-corrected chi connectivity index (χ3v) is 3.37. The molecule has 0 saturated heterocycles. The van der Waals surface area contributed by atoms with Gasteiger partial charge < -0.3 is 10.3 Å². The van der Waals surface area contributed by atoms with Crippen molar-refractivity contribution in [1.29, 1.82) is 5.41 Å². The highest BCUT2D eigenvalue weighted by Crippen LogP contribution is 2.18. The maximum absolute atomic E-state index is 7.41. The van der Waals surface area contributed by atoms with E-state index in [1.54, 1.807) is 0 Å². The standard InChI is InChI=1S/C17H16N4/c18-16(19)14-8-6-13(7-9-14)12-21-11-10-20-17(21)15-4-2-1-3-5-15/h1-11H,12H2,(H3,18,19). The summed E-state index contributed by atoms with van der Waals surface area (Å²) in [7, 11) is 0. The molecular formula is C17H16N4. The number of hydrogen-bond donors (Lipinski definition) is 2. The number of nitrogens with zero attached hydrogens (tertiary/aromatic N) is 2. The molecule has 21 heavy (non-hydrogen) atoms. The molecule has 2 aromatic carbocycles. The zero-order valence-electron chi connectivity index (χ0n) is 11.5.